The van der Waals surface area contributed by atoms with E-state index in [-0.39, 0.29) is 18.7 Å². The number of fused-ring (bicyclic) bond motifs is 1. The van der Waals surface area contributed by atoms with Crippen LogP contribution in [0, 0.1) is 0 Å². The summed E-state index contributed by atoms with van der Waals surface area (Å²) in [5.74, 6) is 0. The van der Waals surface area contributed by atoms with Crippen LogP contribution in [0.4, 0.5) is 23.2 Å². The molecule has 1 aliphatic rings. The number of thiophene rings is 1. The third-order valence-electron chi connectivity index (χ3n) is 4.75. The second-order valence-corrected chi connectivity index (χ2v) is 7.95. The van der Waals surface area contributed by atoms with E-state index in [1.54, 1.807) is 25.1 Å². The van der Waals surface area contributed by atoms with Crippen molar-refractivity contribution in [2.24, 2.45) is 5.16 Å². The predicted octanol–water partition coefficient (Wildman–Crippen LogP) is 3.85. The second-order valence-electron chi connectivity index (χ2n) is 6.90. The van der Waals surface area contributed by atoms with Gasteiger partial charge in [-0.25, -0.2) is 4.39 Å². The number of anilines is 1. The van der Waals surface area contributed by atoms with Crippen molar-refractivity contribution in [3.05, 3.63) is 28.6 Å². The van der Waals surface area contributed by atoms with Gasteiger partial charge in [-0.2, -0.15) is 13.2 Å². The molecule has 3 rings (SSSR count). The van der Waals surface area contributed by atoms with Crippen molar-refractivity contribution in [1.29, 1.82) is 0 Å². The van der Waals surface area contributed by atoms with Gasteiger partial charge in [0.15, 0.2) is 0 Å². The average molecular weight is 433 g/mol. The van der Waals surface area contributed by atoms with Crippen LogP contribution in [0.15, 0.2) is 23.4 Å². The summed E-state index contributed by atoms with van der Waals surface area (Å²) in [4.78, 5) is 5.47. The van der Waals surface area contributed by atoms with E-state index in [0.29, 0.717) is 33.6 Å². The summed E-state index contributed by atoms with van der Waals surface area (Å²) in [7, 11) is 0. The maximum absolute atomic E-state index is 14.0. The van der Waals surface area contributed by atoms with Crippen LogP contribution in [0.1, 0.15) is 23.8 Å². The van der Waals surface area contributed by atoms with Crippen LogP contribution >= 0.6 is 11.3 Å². The summed E-state index contributed by atoms with van der Waals surface area (Å²) in [6, 6.07) is 4.57. The van der Waals surface area contributed by atoms with Gasteiger partial charge in [-0.05, 0) is 23.4 Å². The van der Waals surface area contributed by atoms with Gasteiger partial charge < -0.3 is 20.6 Å². The van der Waals surface area contributed by atoms with Crippen LogP contribution in [0.2, 0.25) is 0 Å². The third-order valence-corrected chi connectivity index (χ3v) is 5.96. The molecule has 1 aliphatic heterocycles. The minimum absolute atomic E-state index is 0.104. The summed E-state index contributed by atoms with van der Waals surface area (Å²) < 4.78 is 54.1. The molecule has 0 radical (unpaired) electrons. The van der Waals surface area contributed by atoms with E-state index in [0.717, 1.165) is 11.3 Å². The number of benzene rings is 1. The molecule has 0 unspecified atom stereocenters. The monoisotopic (exact) mass is 433 g/mol. The molecule has 2 aromatic rings. The van der Waals surface area contributed by atoms with Gasteiger partial charge in [-0.1, -0.05) is 24.2 Å². The van der Waals surface area contributed by atoms with Crippen LogP contribution in [-0.4, -0.2) is 55.5 Å². The Morgan fingerprint density at radius 2 is 2.21 bits per heavy atom. The van der Waals surface area contributed by atoms with Gasteiger partial charge in [0.1, 0.15) is 12.3 Å². The van der Waals surface area contributed by atoms with Crippen molar-refractivity contribution in [3.63, 3.8) is 0 Å². The largest absolute Gasteiger partial charge is 0.393 e. The minimum atomic E-state index is -4.39. The van der Waals surface area contributed by atoms with E-state index in [2.05, 4.69) is 15.8 Å². The molecular formula is C19H23F4N3O2S. The van der Waals surface area contributed by atoms with Gasteiger partial charge in [0.25, 0.3) is 0 Å². The van der Waals surface area contributed by atoms with E-state index in [4.69, 9.17) is 9.94 Å². The van der Waals surface area contributed by atoms with E-state index in [1.807, 2.05) is 0 Å². The molecule has 5 nitrogen and oxygen atoms in total. The number of rotatable bonds is 8. The fourth-order valence-electron chi connectivity index (χ4n) is 3.18. The maximum Gasteiger partial charge on any atom is 0.393 e. The van der Waals surface area contributed by atoms with Gasteiger partial charge in [0, 0.05) is 13.1 Å². The molecule has 2 heterocycles. The predicted molar refractivity (Wildman–Crippen MR) is 107 cm³/mol. The van der Waals surface area contributed by atoms with Crippen molar-refractivity contribution in [2.75, 3.05) is 25.0 Å². The number of alkyl halides is 4. The zero-order chi connectivity index (χ0) is 21.0. The lowest BCUT2D eigenvalue weighted by molar-refractivity contribution is -0.126. The molecule has 29 heavy (non-hydrogen) atoms. The third kappa shape index (κ3) is 5.37. The molecule has 0 aliphatic carbocycles. The topological polar surface area (TPSA) is 65.9 Å². The first-order chi connectivity index (χ1) is 13.8. The molecule has 0 spiro atoms. The summed E-state index contributed by atoms with van der Waals surface area (Å²) in [6.45, 7) is 2.26. The van der Waals surface area contributed by atoms with Crippen molar-refractivity contribution in [3.8, 4) is 0 Å². The Kier molecular flexibility index (Phi) is 6.97. The Balaban J connectivity index is 1.96. The number of aliphatic hydroxyl groups is 1. The highest BCUT2D eigenvalue weighted by atomic mass is 32.1. The molecule has 0 amide bonds. The highest BCUT2D eigenvalue weighted by Crippen LogP contribution is 2.39. The summed E-state index contributed by atoms with van der Waals surface area (Å²) in [5, 5.41) is 19.4. The first-order valence-corrected chi connectivity index (χ1v) is 10.2. The number of hydrogen-bond donors (Lipinski definition) is 3. The molecule has 0 saturated carbocycles. The molecular weight excluding hydrogens is 410 g/mol. The summed E-state index contributed by atoms with van der Waals surface area (Å²) in [6.07, 6.45) is -5.31. The van der Waals surface area contributed by atoms with E-state index in [9.17, 15) is 17.6 Å². The Morgan fingerprint density at radius 3 is 2.83 bits per heavy atom. The molecule has 3 atom stereocenters. The normalized spacial score (nSPS) is 21.2. The van der Waals surface area contributed by atoms with Gasteiger partial charge >= 0.3 is 6.18 Å². The highest BCUT2D eigenvalue weighted by Gasteiger charge is 2.32. The summed E-state index contributed by atoms with van der Waals surface area (Å²) in [5.41, 5.74) is 0.696. The van der Waals surface area contributed by atoms with Crippen LogP contribution in [0.5, 0.6) is 0 Å². The molecule has 10 heteroatoms. The van der Waals surface area contributed by atoms with E-state index < -0.39 is 30.9 Å². The maximum atomic E-state index is 14.0. The number of hydrogen-bond acceptors (Lipinski definition) is 6. The Labute approximate surface area is 169 Å². The van der Waals surface area contributed by atoms with Gasteiger partial charge in [-0.3, -0.25) is 0 Å². The van der Waals surface area contributed by atoms with Crippen molar-refractivity contribution < 1.29 is 27.5 Å². The van der Waals surface area contributed by atoms with Gasteiger partial charge in [-0.15, -0.1) is 11.3 Å². The van der Waals surface area contributed by atoms with Crippen molar-refractivity contribution >= 4 is 33.3 Å². The molecule has 0 bridgehead atoms. The van der Waals surface area contributed by atoms with E-state index >= 15 is 0 Å². The molecule has 1 fully saturated rings. The lowest BCUT2D eigenvalue weighted by Crippen LogP contribution is -2.29. The molecule has 160 valence electrons. The Morgan fingerprint density at radius 1 is 1.41 bits per heavy atom. The van der Waals surface area contributed by atoms with Gasteiger partial charge in [0.05, 0.1) is 40.5 Å². The van der Waals surface area contributed by atoms with Crippen LogP contribution in [0.25, 0.3) is 10.1 Å². The van der Waals surface area contributed by atoms with Gasteiger partial charge in [0.2, 0.25) is 0 Å². The number of nitrogens with one attached hydrogen (secondary N) is 2. The average Bonchev–Trinajstić information content (AvgIpc) is 3.22. The first kappa shape index (κ1) is 21.8. The quantitative estimate of drug-likeness (QED) is 0.336. The van der Waals surface area contributed by atoms with Crippen molar-refractivity contribution in [2.45, 2.75) is 44.3 Å². The SMILES string of the molecule is CC[C@@H](CO)O/N=C/c1sc2c(N[C@@H]3CNC[C@@H]3F)cccc2c1CC(F)(F)F. The highest BCUT2D eigenvalue weighted by molar-refractivity contribution is 7.21. The van der Waals surface area contributed by atoms with Crippen molar-refractivity contribution in [1.82, 2.24) is 5.32 Å². The molecule has 3 N–H and O–H groups in total. The summed E-state index contributed by atoms with van der Waals surface area (Å²) >= 11 is 1.15. The molecule has 1 saturated heterocycles. The minimum Gasteiger partial charge on any atom is -0.392 e. The molecule has 1 aromatic heterocycles. The fourth-order valence-corrected chi connectivity index (χ4v) is 4.34. The lowest BCUT2D eigenvalue weighted by Gasteiger charge is -2.16. The molecule has 1 aromatic carbocycles. The second kappa shape index (κ2) is 9.27. The van der Waals surface area contributed by atoms with Crippen LogP contribution in [-0.2, 0) is 11.3 Å². The lowest BCUT2D eigenvalue weighted by atomic mass is 10.1. The zero-order valence-corrected chi connectivity index (χ0v) is 16.6. The number of halogens is 4. The smallest absolute Gasteiger partial charge is 0.392 e. The first-order valence-electron chi connectivity index (χ1n) is 9.35. The number of aliphatic hydroxyl groups excluding tert-OH is 1. The number of oxime groups is 1. The Bertz CT molecular complexity index is 852. The standard InChI is InChI=1S/C19H23F4N3O2S/c1-2-11(10-27)28-25-9-17-13(6-19(21,22)23)12-4-3-5-15(18(12)29-17)26-16-8-24-7-14(16)20/h3-5,9,11,14,16,24,26-27H,2,6-8,10H2,1H3/b25-9+/t11-,14-,16+/m0/s1. The fraction of sp³-hybridized carbons (Fsp3) is 0.526. The Hall–Kier alpha value is -1.91. The number of nitrogens with zero attached hydrogens (tertiary/aromatic N) is 1. The zero-order valence-electron chi connectivity index (χ0n) is 15.8. The van der Waals surface area contributed by atoms with E-state index in [1.165, 1.54) is 6.21 Å². The van der Waals surface area contributed by atoms with Crippen LogP contribution in [0.3, 0.4) is 0 Å². The van der Waals surface area contributed by atoms with Crippen LogP contribution < -0.4 is 10.6 Å².